The Balaban J connectivity index is 2.04. The van der Waals surface area contributed by atoms with Crippen LogP contribution in [0.5, 0.6) is 0 Å². The molecule has 3 nitrogen and oxygen atoms in total. The largest absolute Gasteiger partial charge is 0.381 e. The quantitative estimate of drug-likeness (QED) is 0.810. The zero-order chi connectivity index (χ0) is 14.4. The highest BCUT2D eigenvalue weighted by atomic mass is 16.5. The molecule has 1 aliphatic carbocycles. The number of hydrogen-bond donors (Lipinski definition) is 1. The van der Waals surface area contributed by atoms with Gasteiger partial charge in [0.1, 0.15) is 0 Å². The van der Waals surface area contributed by atoms with E-state index < -0.39 is 0 Å². The summed E-state index contributed by atoms with van der Waals surface area (Å²) in [5.74, 6) is 1.73. The molecule has 0 aromatic carbocycles. The van der Waals surface area contributed by atoms with Gasteiger partial charge < -0.3 is 14.8 Å². The summed E-state index contributed by atoms with van der Waals surface area (Å²) in [7, 11) is 2.12. The molecule has 0 radical (unpaired) electrons. The van der Waals surface area contributed by atoms with Gasteiger partial charge in [0, 0.05) is 38.7 Å². The summed E-state index contributed by atoms with van der Waals surface area (Å²) in [6, 6.07) is 0.490. The maximum absolute atomic E-state index is 6.29. The fourth-order valence-electron chi connectivity index (χ4n) is 4.41. The van der Waals surface area contributed by atoms with Crippen molar-refractivity contribution in [3.05, 3.63) is 0 Å². The van der Waals surface area contributed by atoms with Crippen molar-refractivity contribution in [3.63, 3.8) is 0 Å². The summed E-state index contributed by atoms with van der Waals surface area (Å²) in [4.78, 5) is 0. The molecule has 2 fully saturated rings. The van der Waals surface area contributed by atoms with Crippen LogP contribution in [-0.2, 0) is 9.47 Å². The lowest BCUT2D eigenvalue weighted by atomic mass is 9.71. The van der Waals surface area contributed by atoms with E-state index in [1.807, 2.05) is 0 Å². The summed E-state index contributed by atoms with van der Waals surface area (Å²) in [5.41, 5.74) is 0.00542. The van der Waals surface area contributed by atoms with E-state index >= 15 is 0 Å². The van der Waals surface area contributed by atoms with Crippen LogP contribution in [0.2, 0.25) is 0 Å². The van der Waals surface area contributed by atoms with E-state index in [1.54, 1.807) is 0 Å². The van der Waals surface area contributed by atoms with Crippen LogP contribution in [0.3, 0.4) is 0 Å². The van der Waals surface area contributed by atoms with Gasteiger partial charge in [0.25, 0.3) is 0 Å². The molecule has 1 atom stereocenters. The third-order valence-electron chi connectivity index (χ3n) is 5.59. The Labute approximate surface area is 124 Å². The molecule has 0 bridgehead atoms. The molecule has 2 aliphatic rings. The van der Waals surface area contributed by atoms with Crippen molar-refractivity contribution in [2.75, 3.05) is 26.9 Å². The van der Waals surface area contributed by atoms with Crippen molar-refractivity contribution >= 4 is 0 Å². The average molecular weight is 283 g/mol. The standard InChI is InChI=1S/C17H33NO2/c1-4-14-6-8-15(9-7-14)16(18-3)17(20-5-2)10-12-19-13-11-17/h14-16,18H,4-13H2,1-3H3. The number of rotatable bonds is 6. The summed E-state index contributed by atoms with van der Waals surface area (Å²) in [5, 5.41) is 3.62. The highest BCUT2D eigenvalue weighted by Crippen LogP contribution is 2.39. The van der Waals surface area contributed by atoms with Crippen molar-refractivity contribution in [1.29, 1.82) is 0 Å². The molecule has 3 heteroatoms. The van der Waals surface area contributed by atoms with Crippen LogP contribution in [0, 0.1) is 11.8 Å². The predicted octanol–water partition coefficient (Wildman–Crippen LogP) is 3.38. The Kier molecular flexibility index (Phi) is 6.31. The number of likely N-dealkylation sites (N-methyl/N-ethyl adjacent to an activating group) is 1. The second kappa shape index (κ2) is 7.77. The van der Waals surface area contributed by atoms with Gasteiger partial charge in [-0.1, -0.05) is 26.2 Å². The highest BCUT2D eigenvalue weighted by molar-refractivity contribution is 4.99. The van der Waals surface area contributed by atoms with E-state index in [4.69, 9.17) is 9.47 Å². The zero-order valence-corrected chi connectivity index (χ0v) is 13.6. The van der Waals surface area contributed by atoms with Crippen LogP contribution in [0.25, 0.3) is 0 Å². The van der Waals surface area contributed by atoms with Crippen LogP contribution < -0.4 is 5.32 Å². The molecule has 1 aliphatic heterocycles. The molecule has 0 spiro atoms. The first-order valence-corrected chi connectivity index (χ1v) is 8.64. The van der Waals surface area contributed by atoms with E-state index in [0.717, 1.165) is 44.5 Å². The first-order chi connectivity index (χ1) is 9.75. The van der Waals surface area contributed by atoms with Crippen molar-refractivity contribution in [3.8, 4) is 0 Å². The molecule has 0 amide bonds. The van der Waals surface area contributed by atoms with Gasteiger partial charge in [0.05, 0.1) is 5.60 Å². The molecule has 118 valence electrons. The molecule has 0 aromatic heterocycles. The summed E-state index contributed by atoms with van der Waals surface area (Å²) >= 11 is 0. The van der Waals surface area contributed by atoms with Gasteiger partial charge in [-0.3, -0.25) is 0 Å². The molecule has 2 rings (SSSR count). The second-order valence-corrected chi connectivity index (χ2v) is 6.57. The average Bonchev–Trinajstić information content (AvgIpc) is 2.50. The van der Waals surface area contributed by atoms with Crippen LogP contribution in [-0.4, -0.2) is 38.5 Å². The Morgan fingerprint density at radius 2 is 1.80 bits per heavy atom. The number of nitrogens with one attached hydrogen (secondary N) is 1. The smallest absolute Gasteiger partial charge is 0.0880 e. The van der Waals surface area contributed by atoms with Crippen molar-refractivity contribution < 1.29 is 9.47 Å². The Bertz CT molecular complexity index is 263. The second-order valence-electron chi connectivity index (χ2n) is 6.57. The SMILES string of the molecule is CCOC1(C(NC)C2CCC(CC)CC2)CCOCC1. The lowest BCUT2D eigenvalue weighted by Gasteiger charge is -2.47. The van der Waals surface area contributed by atoms with Crippen molar-refractivity contribution in [1.82, 2.24) is 5.32 Å². The topological polar surface area (TPSA) is 30.5 Å². The van der Waals surface area contributed by atoms with Crippen LogP contribution >= 0.6 is 0 Å². The van der Waals surface area contributed by atoms with Crippen LogP contribution in [0.4, 0.5) is 0 Å². The minimum atomic E-state index is 0.00542. The molecule has 1 unspecified atom stereocenters. The van der Waals surface area contributed by atoms with E-state index in [1.165, 1.54) is 32.1 Å². The van der Waals surface area contributed by atoms with Gasteiger partial charge in [0.2, 0.25) is 0 Å². The Morgan fingerprint density at radius 1 is 1.15 bits per heavy atom. The summed E-state index contributed by atoms with van der Waals surface area (Å²) in [6.07, 6.45) is 8.96. The molecular weight excluding hydrogens is 250 g/mol. The third kappa shape index (κ3) is 3.55. The minimum absolute atomic E-state index is 0.00542. The minimum Gasteiger partial charge on any atom is -0.381 e. The molecule has 1 saturated heterocycles. The Hall–Kier alpha value is -0.120. The summed E-state index contributed by atoms with van der Waals surface area (Å²) < 4.78 is 11.9. The van der Waals surface area contributed by atoms with E-state index in [-0.39, 0.29) is 5.60 Å². The van der Waals surface area contributed by atoms with Crippen molar-refractivity contribution in [2.45, 2.75) is 70.4 Å². The number of hydrogen-bond acceptors (Lipinski definition) is 3. The molecule has 1 N–H and O–H groups in total. The third-order valence-corrected chi connectivity index (χ3v) is 5.59. The van der Waals surface area contributed by atoms with Gasteiger partial charge in [-0.2, -0.15) is 0 Å². The molecule has 1 heterocycles. The molecule has 20 heavy (non-hydrogen) atoms. The van der Waals surface area contributed by atoms with E-state index in [0.29, 0.717) is 6.04 Å². The number of ether oxygens (including phenoxy) is 2. The lowest BCUT2D eigenvalue weighted by Crippen LogP contribution is -2.58. The van der Waals surface area contributed by atoms with Gasteiger partial charge in [-0.25, -0.2) is 0 Å². The summed E-state index contributed by atoms with van der Waals surface area (Å²) in [6.45, 7) is 6.96. The van der Waals surface area contributed by atoms with E-state index in [9.17, 15) is 0 Å². The zero-order valence-electron chi connectivity index (χ0n) is 13.6. The Morgan fingerprint density at radius 3 is 2.30 bits per heavy atom. The molecule has 1 saturated carbocycles. The van der Waals surface area contributed by atoms with Gasteiger partial charge in [0.15, 0.2) is 0 Å². The maximum Gasteiger partial charge on any atom is 0.0880 e. The fraction of sp³-hybridized carbons (Fsp3) is 1.00. The van der Waals surface area contributed by atoms with Gasteiger partial charge in [-0.05, 0) is 38.6 Å². The maximum atomic E-state index is 6.29. The van der Waals surface area contributed by atoms with Gasteiger partial charge in [-0.15, -0.1) is 0 Å². The van der Waals surface area contributed by atoms with Gasteiger partial charge >= 0.3 is 0 Å². The fourth-order valence-corrected chi connectivity index (χ4v) is 4.41. The van der Waals surface area contributed by atoms with E-state index in [2.05, 4.69) is 26.2 Å². The molecule has 0 aromatic rings. The normalized spacial score (nSPS) is 31.9. The molecular formula is C17H33NO2. The van der Waals surface area contributed by atoms with Crippen molar-refractivity contribution in [2.24, 2.45) is 11.8 Å². The first kappa shape index (κ1) is 16.3. The lowest BCUT2D eigenvalue weighted by molar-refractivity contribution is -0.137. The van der Waals surface area contributed by atoms with Crippen LogP contribution in [0.1, 0.15) is 58.8 Å². The monoisotopic (exact) mass is 283 g/mol. The predicted molar refractivity (Wildman–Crippen MR) is 83.0 cm³/mol. The first-order valence-electron chi connectivity index (χ1n) is 8.64. The van der Waals surface area contributed by atoms with Crippen LogP contribution in [0.15, 0.2) is 0 Å². The highest BCUT2D eigenvalue weighted by Gasteiger charge is 2.44.